The first-order chi connectivity index (χ1) is 19.9. The van der Waals surface area contributed by atoms with E-state index in [9.17, 15) is 19.5 Å². The van der Waals surface area contributed by atoms with Gasteiger partial charge in [0.05, 0.1) is 28.2 Å². The molecule has 0 spiro atoms. The highest BCUT2D eigenvalue weighted by Crippen LogP contribution is 2.29. The summed E-state index contributed by atoms with van der Waals surface area (Å²) in [5, 5.41) is 16.5. The molecule has 232 valence electrons. The van der Waals surface area contributed by atoms with E-state index in [1.165, 1.54) is 4.90 Å². The molecule has 0 saturated carbocycles. The molecule has 42 heavy (non-hydrogen) atoms. The van der Waals surface area contributed by atoms with Gasteiger partial charge in [0, 0.05) is 19.4 Å². The van der Waals surface area contributed by atoms with Gasteiger partial charge in [-0.25, -0.2) is 4.98 Å². The lowest BCUT2D eigenvalue weighted by atomic mass is 9.85. The van der Waals surface area contributed by atoms with E-state index in [0.29, 0.717) is 13.0 Å². The van der Waals surface area contributed by atoms with Gasteiger partial charge in [-0.15, -0.1) is 11.3 Å². The van der Waals surface area contributed by atoms with Gasteiger partial charge in [0.25, 0.3) is 0 Å². The maximum Gasteiger partial charge on any atom is 0.246 e. The zero-order chi connectivity index (χ0) is 30.9. The summed E-state index contributed by atoms with van der Waals surface area (Å²) in [5.74, 6) is -0.828. The number of thiazole rings is 1. The highest BCUT2D eigenvalue weighted by Gasteiger charge is 2.44. The molecular weight excluding hydrogens is 550 g/mol. The Kier molecular flexibility index (Phi) is 12.5. The molecule has 3 amide bonds. The largest absolute Gasteiger partial charge is 0.391 e. The fourth-order valence-corrected chi connectivity index (χ4v) is 6.20. The van der Waals surface area contributed by atoms with Gasteiger partial charge in [0.15, 0.2) is 0 Å². The van der Waals surface area contributed by atoms with E-state index < -0.39 is 23.6 Å². The molecule has 0 bridgehead atoms. The number of aliphatic hydroxyl groups is 1. The van der Waals surface area contributed by atoms with E-state index in [4.69, 9.17) is 5.73 Å². The molecular formula is C32H49N5O4S. The van der Waals surface area contributed by atoms with Gasteiger partial charge >= 0.3 is 0 Å². The van der Waals surface area contributed by atoms with Crippen LogP contribution in [0.2, 0.25) is 0 Å². The fourth-order valence-electron chi connectivity index (χ4n) is 5.39. The summed E-state index contributed by atoms with van der Waals surface area (Å²) >= 11 is 1.59. The quantitative estimate of drug-likeness (QED) is 0.236. The minimum Gasteiger partial charge on any atom is -0.391 e. The van der Waals surface area contributed by atoms with Gasteiger partial charge < -0.3 is 26.4 Å². The molecule has 2 aromatic rings. The topological polar surface area (TPSA) is 138 Å². The summed E-state index contributed by atoms with van der Waals surface area (Å²) < 4.78 is 0. The standard InChI is InChI=1S/C32H49N5O4S/c1-21(23-13-15-24(16-14-23)28-22(2)34-20-42-28)35-30(40)26-18-25(38)19-37(26)31(41)29(32(3,4)5)36-27(39)12-10-8-6-7-9-11-17-33/h13-16,20-21,25-26,29,38H,6-12,17-19,33H2,1-5H3,(H,35,40)(H,36,39). The second-order valence-corrected chi connectivity index (χ2v) is 13.4. The van der Waals surface area contributed by atoms with Crippen LogP contribution in [0.3, 0.4) is 0 Å². The van der Waals surface area contributed by atoms with Crippen LogP contribution in [0.1, 0.15) is 96.4 Å². The Morgan fingerprint density at radius 1 is 1.07 bits per heavy atom. The van der Waals surface area contributed by atoms with E-state index in [1.54, 1.807) is 11.3 Å². The fraction of sp³-hybridized carbons (Fsp3) is 0.625. The molecule has 3 rings (SSSR count). The normalized spacial score (nSPS) is 18.5. The van der Waals surface area contributed by atoms with Crippen molar-refractivity contribution in [3.63, 3.8) is 0 Å². The average molecular weight is 600 g/mol. The maximum absolute atomic E-state index is 13.8. The zero-order valence-corrected chi connectivity index (χ0v) is 26.6. The molecule has 9 nitrogen and oxygen atoms in total. The number of likely N-dealkylation sites (tertiary alicyclic amines) is 1. The van der Waals surface area contributed by atoms with E-state index in [2.05, 4.69) is 15.6 Å². The first kappa shape index (κ1) is 33.7. The summed E-state index contributed by atoms with van der Waals surface area (Å²) in [4.78, 5) is 46.9. The molecule has 1 aromatic heterocycles. The molecule has 1 aromatic carbocycles. The van der Waals surface area contributed by atoms with Crippen LogP contribution >= 0.6 is 11.3 Å². The van der Waals surface area contributed by atoms with Crippen molar-refractivity contribution in [2.24, 2.45) is 11.1 Å². The number of unbranched alkanes of at least 4 members (excludes halogenated alkanes) is 5. The van der Waals surface area contributed by atoms with Gasteiger partial charge in [-0.2, -0.15) is 0 Å². The molecule has 0 aliphatic carbocycles. The van der Waals surface area contributed by atoms with Gasteiger partial charge in [-0.3, -0.25) is 14.4 Å². The Hall–Kier alpha value is -2.82. The third-order valence-corrected chi connectivity index (χ3v) is 8.90. The number of nitrogens with two attached hydrogens (primary N) is 1. The minimum atomic E-state index is -0.815. The van der Waals surface area contributed by atoms with Crippen LogP contribution in [0.25, 0.3) is 10.4 Å². The van der Waals surface area contributed by atoms with Crippen LogP contribution in [0, 0.1) is 12.3 Å². The average Bonchev–Trinajstić information content (AvgIpc) is 3.55. The van der Waals surface area contributed by atoms with Crippen LogP contribution in [0.15, 0.2) is 29.8 Å². The first-order valence-electron chi connectivity index (χ1n) is 15.2. The Morgan fingerprint density at radius 3 is 2.31 bits per heavy atom. The van der Waals surface area contributed by atoms with E-state index >= 15 is 0 Å². The van der Waals surface area contributed by atoms with Crippen LogP contribution < -0.4 is 16.4 Å². The van der Waals surface area contributed by atoms with Crippen molar-refractivity contribution in [3.05, 3.63) is 41.0 Å². The molecule has 1 saturated heterocycles. The Bertz CT molecular complexity index is 1180. The number of β-amino-alcohol motifs (C(OH)–C–C–N with tert-alkyl or cyclic N) is 1. The van der Waals surface area contributed by atoms with Crippen molar-refractivity contribution < 1.29 is 19.5 Å². The monoisotopic (exact) mass is 599 g/mol. The lowest BCUT2D eigenvalue weighted by Gasteiger charge is -2.35. The third-order valence-electron chi connectivity index (χ3n) is 7.92. The van der Waals surface area contributed by atoms with Crippen molar-refractivity contribution in [1.82, 2.24) is 20.5 Å². The second-order valence-electron chi connectivity index (χ2n) is 12.5. The number of carbonyl (C=O) groups is 3. The van der Waals surface area contributed by atoms with E-state index in [-0.39, 0.29) is 36.7 Å². The molecule has 2 heterocycles. The lowest BCUT2D eigenvalue weighted by Crippen LogP contribution is -2.57. The highest BCUT2D eigenvalue weighted by molar-refractivity contribution is 7.13. The number of nitrogens with zero attached hydrogens (tertiary/aromatic N) is 2. The second kappa shape index (κ2) is 15.6. The van der Waals surface area contributed by atoms with Gasteiger partial charge in [0.2, 0.25) is 17.7 Å². The number of nitrogens with one attached hydrogen (secondary N) is 2. The van der Waals surface area contributed by atoms with Crippen molar-refractivity contribution in [1.29, 1.82) is 0 Å². The Balaban J connectivity index is 1.61. The summed E-state index contributed by atoms with van der Waals surface area (Å²) in [5.41, 5.74) is 9.78. The summed E-state index contributed by atoms with van der Waals surface area (Å²) in [7, 11) is 0. The molecule has 0 radical (unpaired) electrons. The Morgan fingerprint density at radius 2 is 1.71 bits per heavy atom. The number of benzene rings is 1. The minimum absolute atomic E-state index is 0.0550. The summed E-state index contributed by atoms with van der Waals surface area (Å²) in [6.07, 6.45) is 5.72. The Labute approximate surface area is 254 Å². The van der Waals surface area contributed by atoms with Gasteiger partial charge in [-0.1, -0.05) is 70.7 Å². The van der Waals surface area contributed by atoms with Gasteiger partial charge in [0.1, 0.15) is 12.1 Å². The number of aromatic nitrogens is 1. The van der Waals surface area contributed by atoms with Crippen LogP contribution in [-0.4, -0.2) is 64.0 Å². The van der Waals surface area contributed by atoms with E-state index in [0.717, 1.165) is 60.2 Å². The number of hydrogen-bond acceptors (Lipinski definition) is 7. The van der Waals surface area contributed by atoms with Gasteiger partial charge in [-0.05, 0) is 49.8 Å². The van der Waals surface area contributed by atoms with Crippen molar-refractivity contribution in [2.45, 2.75) is 110 Å². The predicted octanol–water partition coefficient (Wildman–Crippen LogP) is 4.48. The first-order valence-corrected chi connectivity index (χ1v) is 16.1. The predicted molar refractivity (Wildman–Crippen MR) is 168 cm³/mol. The van der Waals surface area contributed by atoms with Crippen LogP contribution in [0.5, 0.6) is 0 Å². The number of carbonyl (C=O) groups excluding carboxylic acids is 3. The highest BCUT2D eigenvalue weighted by atomic mass is 32.1. The number of aryl methyl sites for hydroxylation is 1. The van der Waals surface area contributed by atoms with Crippen LogP contribution in [-0.2, 0) is 14.4 Å². The smallest absolute Gasteiger partial charge is 0.246 e. The van der Waals surface area contributed by atoms with E-state index in [1.807, 2.05) is 64.4 Å². The van der Waals surface area contributed by atoms with Crippen LogP contribution in [0.4, 0.5) is 0 Å². The number of rotatable bonds is 14. The SMILES string of the molecule is Cc1ncsc1-c1ccc(C(C)NC(=O)C2CC(O)CN2C(=O)C(NC(=O)CCCCCCCCN)C(C)(C)C)cc1. The molecule has 1 aliphatic rings. The number of hydrogen-bond donors (Lipinski definition) is 4. The molecule has 4 unspecified atom stereocenters. The molecule has 5 N–H and O–H groups in total. The molecule has 1 aliphatic heterocycles. The number of aliphatic hydroxyl groups excluding tert-OH is 1. The summed E-state index contributed by atoms with van der Waals surface area (Å²) in [6.45, 7) is 10.3. The number of amides is 3. The van der Waals surface area contributed by atoms with Crippen molar-refractivity contribution in [2.75, 3.05) is 13.1 Å². The zero-order valence-electron chi connectivity index (χ0n) is 25.8. The van der Waals surface area contributed by atoms with Crippen molar-refractivity contribution >= 4 is 29.1 Å². The molecule has 4 atom stereocenters. The lowest BCUT2D eigenvalue weighted by molar-refractivity contribution is -0.144. The maximum atomic E-state index is 13.8. The van der Waals surface area contributed by atoms with Crippen molar-refractivity contribution in [3.8, 4) is 10.4 Å². The molecule has 10 heteroatoms. The summed E-state index contributed by atoms with van der Waals surface area (Å²) in [6, 6.07) is 6.09. The molecule has 1 fully saturated rings. The third kappa shape index (κ3) is 9.34.